The van der Waals surface area contributed by atoms with Crippen molar-refractivity contribution < 1.29 is 9.53 Å². The Bertz CT molecular complexity index is 683. The average molecular weight is 344 g/mol. The maximum absolute atomic E-state index is 12.4. The van der Waals surface area contributed by atoms with Crippen LogP contribution in [-0.4, -0.2) is 11.9 Å². The van der Waals surface area contributed by atoms with Gasteiger partial charge in [0.05, 0.1) is 5.02 Å². The SMILES string of the molecule is Cc1cc(OC(C)C(=O)c2ccc(Cl)cc2Cl)ccc1Cl. The van der Waals surface area contributed by atoms with Crippen LogP contribution in [0.15, 0.2) is 36.4 Å². The molecule has 2 nitrogen and oxygen atoms in total. The minimum absolute atomic E-state index is 0.204. The Balaban J connectivity index is 2.17. The third-order valence-corrected chi connectivity index (χ3v) is 3.98. The highest BCUT2D eigenvalue weighted by Gasteiger charge is 2.20. The molecule has 2 aromatic carbocycles. The van der Waals surface area contributed by atoms with Crippen molar-refractivity contribution in [3.8, 4) is 5.75 Å². The van der Waals surface area contributed by atoms with E-state index in [0.29, 0.717) is 26.4 Å². The Morgan fingerprint density at radius 1 is 1.05 bits per heavy atom. The minimum atomic E-state index is -0.663. The lowest BCUT2D eigenvalue weighted by Gasteiger charge is -2.15. The van der Waals surface area contributed by atoms with E-state index in [-0.39, 0.29) is 5.78 Å². The van der Waals surface area contributed by atoms with Crippen molar-refractivity contribution in [2.45, 2.75) is 20.0 Å². The van der Waals surface area contributed by atoms with Gasteiger partial charge in [0.2, 0.25) is 5.78 Å². The number of rotatable bonds is 4. The third-order valence-electron chi connectivity index (χ3n) is 3.01. The topological polar surface area (TPSA) is 26.3 Å². The van der Waals surface area contributed by atoms with Gasteiger partial charge in [0.1, 0.15) is 5.75 Å². The third kappa shape index (κ3) is 3.91. The standard InChI is InChI=1S/C16H13Cl3O2/c1-9-7-12(4-6-14(9)18)21-10(2)16(20)13-5-3-11(17)8-15(13)19/h3-8,10H,1-2H3. The first-order chi connectivity index (χ1) is 9.88. The van der Waals surface area contributed by atoms with Crippen LogP contribution in [-0.2, 0) is 0 Å². The maximum Gasteiger partial charge on any atom is 0.204 e. The molecular formula is C16H13Cl3O2. The highest BCUT2D eigenvalue weighted by Crippen LogP contribution is 2.25. The Hall–Kier alpha value is -1.22. The van der Waals surface area contributed by atoms with Crippen LogP contribution in [0.5, 0.6) is 5.75 Å². The molecule has 1 unspecified atom stereocenters. The van der Waals surface area contributed by atoms with E-state index in [1.165, 1.54) is 6.07 Å². The van der Waals surface area contributed by atoms with Crippen LogP contribution in [0.2, 0.25) is 15.1 Å². The van der Waals surface area contributed by atoms with Gasteiger partial charge in [-0.15, -0.1) is 0 Å². The van der Waals surface area contributed by atoms with Crippen LogP contribution in [0.25, 0.3) is 0 Å². The number of carbonyl (C=O) groups is 1. The summed E-state index contributed by atoms with van der Waals surface area (Å²) in [5.41, 5.74) is 1.28. The highest BCUT2D eigenvalue weighted by atomic mass is 35.5. The molecular weight excluding hydrogens is 331 g/mol. The number of Topliss-reactive ketones (excluding diaryl/α,β-unsaturated/α-hetero) is 1. The van der Waals surface area contributed by atoms with Gasteiger partial charge in [0, 0.05) is 15.6 Å². The number of hydrogen-bond donors (Lipinski definition) is 0. The zero-order chi connectivity index (χ0) is 15.6. The molecule has 0 saturated carbocycles. The fraction of sp³-hybridized carbons (Fsp3) is 0.188. The van der Waals surface area contributed by atoms with Crippen molar-refractivity contribution in [1.29, 1.82) is 0 Å². The van der Waals surface area contributed by atoms with Crippen LogP contribution in [0.3, 0.4) is 0 Å². The Labute approximate surface area is 138 Å². The first-order valence-corrected chi connectivity index (χ1v) is 7.44. The molecule has 0 heterocycles. The Kier molecular flexibility index (Phi) is 5.15. The molecule has 110 valence electrons. The summed E-state index contributed by atoms with van der Waals surface area (Å²) in [6.07, 6.45) is -0.663. The van der Waals surface area contributed by atoms with E-state index in [1.54, 1.807) is 37.3 Å². The minimum Gasteiger partial charge on any atom is -0.483 e. The van der Waals surface area contributed by atoms with Crippen LogP contribution in [0.1, 0.15) is 22.8 Å². The van der Waals surface area contributed by atoms with Gasteiger partial charge < -0.3 is 4.74 Å². The van der Waals surface area contributed by atoms with Crippen LogP contribution in [0, 0.1) is 6.92 Å². The molecule has 0 aliphatic heterocycles. The van der Waals surface area contributed by atoms with E-state index in [0.717, 1.165) is 5.56 Å². The van der Waals surface area contributed by atoms with Gasteiger partial charge in [-0.2, -0.15) is 0 Å². The van der Waals surface area contributed by atoms with Gasteiger partial charge >= 0.3 is 0 Å². The molecule has 0 radical (unpaired) electrons. The van der Waals surface area contributed by atoms with Gasteiger partial charge in [0.15, 0.2) is 6.10 Å². The van der Waals surface area contributed by atoms with Crippen LogP contribution < -0.4 is 4.74 Å². The normalized spacial score (nSPS) is 12.0. The Morgan fingerprint density at radius 2 is 1.76 bits per heavy atom. The summed E-state index contributed by atoms with van der Waals surface area (Å²) < 4.78 is 5.65. The lowest BCUT2D eigenvalue weighted by Crippen LogP contribution is -2.24. The van der Waals surface area contributed by atoms with Gasteiger partial charge in [-0.3, -0.25) is 4.79 Å². The summed E-state index contributed by atoms with van der Waals surface area (Å²) in [6.45, 7) is 3.55. The van der Waals surface area contributed by atoms with Gasteiger partial charge in [0.25, 0.3) is 0 Å². The zero-order valence-corrected chi connectivity index (χ0v) is 13.8. The number of hydrogen-bond acceptors (Lipinski definition) is 2. The second kappa shape index (κ2) is 6.69. The molecule has 21 heavy (non-hydrogen) atoms. The lowest BCUT2D eigenvalue weighted by atomic mass is 10.1. The quantitative estimate of drug-likeness (QED) is 0.675. The second-order valence-electron chi connectivity index (χ2n) is 4.66. The van der Waals surface area contributed by atoms with Crippen molar-refractivity contribution in [2.24, 2.45) is 0 Å². The van der Waals surface area contributed by atoms with E-state index in [4.69, 9.17) is 39.5 Å². The number of ether oxygens (including phenoxy) is 1. The summed E-state index contributed by atoms with van der Waals surface area (Å²) in [5.74, 6) is 0.382. The molecule has 0 aliphatic carbocycles. The molecule has 2 aromatic rings. The molecule has 5 heteroatoms. The van der Waals surface area contributed by atoms with Crippen LogP contribution in [0.4, 0.5) is 0 Å². The molecule has 0 N–H and O–H groups in total. The van der Waals surface area contributed by atoms with Gasteiger partial charge in [-0.1, -0.05) is 34.8 Å². The Morgan fingerprint density at radius 3 is 2.38 bits per heavy atom. The van der Waals surface area contributed by atoms with Crippen molar-refractivity contribution >= 4 is 40.6 Å². The fourth-order valence-electron chi connectivity index (χ4n) is 1.86. The van der Waals surface area contributed by atoms with Crippen molar-refractivity contribution in [3.63, 3.8) is 0 Å². The summed E-state index contributed by atoms with van der Waals surface area (Å²) in [4.78, 5) is 12.4. The summed E-state index contributed by atoms with van der Waals surface area (Å²) >= 11 is 17.8. The van der Waals surface area contributed by atoms with E-state index < -0.39 is 6.10 Å². The predicted molar refractivity (Wildman–Crippen MR) is 87.1 cm³/mol. The van der Waals surface area contributed by atoms with Crippen LogP contribution >= 0.6 is 34.8 Å². The van der Waals surface area contributed by atoms with Crippen molar-refractivity contribution in [1.82, 2.24) is 0 Å². The van der Waals surface area contributed by atoms with Gasteiger partial charge in [-0.25, -0.2) is 0 Å². The number of carbonyl (C=O) groups excluding carboxylic acids is 1. The molecule has 1 atom stereocenters. The number of aryl methyl sites for hydroxylation is 1. The first kappa shape index (κ1) is 16.2. The summed E-state index contributed by atoms with van der Waals surface area (Å²) in [6, 6.07) is 10.0. The van der Waals surface area contributed by atoms with E-state index >= 15 is 0 Å². The molecule has 0 spiro atoms. The first-order valence-electron chi connectivity index (χ1n) is 6.30. The molecule has 0 aromatic heterocycles. The summed E-state index contributed by atoms with van der Waals surface area (Å²) in [7, 11) is 0. The molecule has 0 amide bonds. The predicted octanol–water partition coefficient (Wildman–Crippen LogP) is 5.61. The van der Waals surface area contributed by atoms with Crippen molar-refractivity contribution in [3.05, 3.63) is 62.6 Å². The zero-order valence-electron chi connectivity index (χ0n) is 11.5. The molecule has 2 rings (SSSR count). The smallest absolute Gasteiger partial charge is 0.204 e. The van der Waals surface area contributed by atoms with E-state index in [1.807, 2.05) is 6.92 Å². The molecule has 0 fully saturated rings. The molecule has 0 bridgehead atoms. The maximum atomic E-state index is 12.4. The summed E-state index contributed by atoms with van der Waals surface area (Å²) in [5, 5.41) is 1.45. The van der Waals surface area contributed by atoms with E-state index in [9.17, 15) is 4.79 Å². The monoisotopic (exact) mass is 342 g/mol. The number of benzene rings is 2. The molecule has 0 aliphatic rings. The largest absolute Gasteiger partial charge is 0.483 e. The second-order valence-corrected chi connectivity index (χ2v) is 5.91. The number of ketones is 1. The average Bonchev–Trinajstić information content (AvgIpc) is 2.42. The lowest BCUT2D eigenvalue weighted by molar-refractivity contribution is 0.0818. The van der Waals surface area contributed by atoms with E-state index in [2.05, 4.69) is 0 Å². The highest BCUT2D eigenvalue weighted by molar-refractivity contribution is 6.37. The fourth-order valence-corrected chi connectivity index (χ4v) is 2.48. The molecule has 0 saturated heterocycles. The van der Waals surface area contributed by atoms with Crippen molar-refractivity contribution in [2.75, 3.05) is 0 Å². The number of halogens is 3. The van der Waals surface area contributed by atoms with Gasteiger partial charge in [-0.05, 0) is 55.8 Å².